The van der Waals surface area contributed by atoms with Gasteiger partial charge in [0.25, 0.3) is 0 Å². The number of carbonyl (C=O) groups is 1. The quantitative estimate of drug-likeness (QED) is 0.840. The highest BCUT2D eigenvalue weighted by Crippen LogP contribution is 2.29. The van der Waals surface area contributed by atoms with E-state index in [0.717, 1.165) is 5.56 Å². The van der Waals surface area contributed by atoms with E-state index in [1.54, 1.807) is 0 Å². The van der Waals surface area contributed by atoms with Crippen molar-refractivity contribution in [2.75, 3.05) is 6.61 Å². The molecule has 0 aliphatic heterocycles. The van der Waals surface area contributed by atoms with E-state index < -0.39 is 5.97 Å². The molecule has 4 nitrogen and oxygen atoms in total. The maximum Gasteiger partial charge on any atom is 0.341 e. The predicted molar refractivity (Wildman–Crippen MR) is 74.9 cm³/mol. The van der Waals surface area contributed by atoms with Gasteiger partial charge in [0.1, 0.15) is 17.1 Å². The molecule has 0 aliphatic carbocycles. The Hall–Kier alpha value is -2.49. The zero-order valence-corrected chi connectivity index (χ0v) is 11.2. The van der Waals surface area contributed by atoms with Crippen LogP contribution in [0.3, 0.4) is 0 Å². The second kappa shape index (κ2) is 6.10. The van der Waals surface area contributed by atoms with Crippen LogP contribution in [0.2, 0.25) is 0 Å². The van der Waals surface area contributed by atoms with Crippen molar-refractivity contribution < 1.29 is 19.7 Å². The number of rotatable bonds is 4. The monoisotopic (exact) mass is 272 g/mol. The Balaban J connectivity index is 1.97. The van der Waals surface area contributed by atoms with Crippen LogP contribution in [0.1, 0.15) is 21.5 Å². The summed E-state index contributed by atoms with van der Waals surface area (Å²) in [7, 11) is 0. The fraction of sp³-hybridized carbons (Fsp3) is 0.188. The molecular weight excluding hydrogens is 256 g/mol. The third-order valence-electron chi connectivity index (χ3n) is 3.09. The molecule has 4 heteroatoms. The smallest absolute Gasteiger partial charge is 0.341 e. The molecule has 0 spiro atoms. The van der Waals surface area contributed by atoms with Gasteiger partial charge in [0.05, 0.1) is 6.61 Å². The number of esters is 1. The van der Waals surface area contributed by atoms with Gasteiger partial charge in [-0.15, -0.1) is 0 Å². The summed E-state index contributed by atoms with van der Waals surface area (Å²) in [5.74, 6) is -0.889. The second-order valence-corrected chi connectivity index (χ2v) is 4.48. The lowest BCUT2D eigenvalue weighted by atomic mass is 10.1. The number of hydrogen-bond donors (Lipinski definition) is 2. The molecule has 0 saturated carbocycles. The van der Waals surface area contributed by atoms with Crippen molar-refractivity contribution in [3.63, 3.8) is 0 Å². The van der Waals surface area contributed by atoms with E-state index in [1.165, 1.54) is 19.1 Å². The normalized spacial score (nSPS) is 10.2. The summed E-state index contributed by atoms with van der Waals surface area (Å²) in [6.45, 7) is 1.77. The predicted octanol–water partition coefficient (Wildman–Crippen LogP) is 2.81. The number of aromatic hydroxyl groups is 2. The number of phenolic OH excluding ortho intramolecular Hbond substituents is 2. The number of phenols is 2. The summed E-state index contributed by atoms with van der Waals surface area (Å²) in [5.41, 5.74) is 1.40. The van der Waals surface area contributed by atoms with E-state index in [1.807, 2.05) is 30.3 Å². The van der Waals surface area contributed by atoms with Crippen LogP contribution in [0.25, 0.3) is 0 Å². The Morgan fingerprint density at radius 2 is 1.80 bits per heavy atom. The Kier molecular flexibility index (Phi) is 4.25. The Morgan fingerprint density at radius 3 is 2.50 bits per heavy atom. The van der Waals surface area contributed by atoms with Gasteiger partial charge in [0.2, 0.25) is 0 Å². The van der Waals surface area contributed by atoms with Gasteiger partial charge in [0.15, 0.2) is 0 Å². The molecule has 2 aromatic carbocycles. The van der Waals surface area contributed by atoms with Gasteiger partial charge in [0, 0.05) is 12.0 Å². The van der Waals surface area contributed by atoms with Crippen LogP contribution in [0.5, 0.6) is 11.5 Å². The van der Waals surface area contributed by atoms with Crippen LogP contribution in [-0.2, 0) is 11.2 Å². The molecule has 2 N–H and O–H groups in total. The Bertz CT molecular complexity index is 605. The van der Waals surface area contributed by atoms with Crippen LogP contribution in [-0.4, -0.2) is 22.8 Å². The molecule has 0 atom stereocenters. The number of carbonyl (C=O) groups excluding carboxylic acids is 1. The molecule has 0 fully saturated rings. The number of hydrogen-bond acceptors (Lipinski definition) is 4. The van der Waals surface area contributed by atoms with E-state index >= 15 is 0 Å². The maximum absolute atomic E-state index is 11.9. The largest absolute Gasteiger partial charge is 0.508 e. The first-order valence-electron chi connectivity index (χ1n) is 6.32. The van der Waals surface area contributed by atoms with Crippen molar-refractivity contribution in [1.29, 1.82) is 0 Å². The summed E-state index contributed by atoms with van der Waals surface area (Å²) in [4.78, 5) is 11.9. The zero-order valence-electron chi connectivity index (χ0n) is 11.2. The van der Waals surface area contributed by atoms with Crippen molar-refractivity contribution in [1.82, 2.24) is 0 Å². The van der Waals surface area contributed by atoms with Crippen molar-refractivity contribution >= 4 is 5.97 Å². The highest BCUT2D eigenvalue weighted by molar-refractivity contribution is 5.93. The van der Waals surface area contributed by atoms with Gasteiger partial charge < -0.3 is 14.9 Å². The first kappa shape index (κ1) is 13.9. The molecular formula is C16H16O4. The van der Waals surface area contributed by atoms with E-state index in [0.29, 0.717) is 6.42 Å². The first-order valence-corrected chi connectivity index (χ1v) is 6.32. The highest BCUT2D eigenvalue weighted by atomic mass is 16.5. The molecule has 0 aromatic heterocycles. The lowest BCUT2D eigenvalue weighted by Gasteiger charge is -2.09. The van der Waals surface area contributed by atoms with E-state index in [4.69, 9.17) is 4.74 Å². The summed E-state index contributed by atoms with van der Waals surface area (Å²) in [5, 5.41) is 19.2. The fourth-order valence-corrected chi connectivity index (χ4v) is 1.84. The average Bonchev–Trinajstić information content (AvgIpc) is 2.46. The molecule has 0 bridgehead atoms. The molecule has 20 heavy (non-hydrogen) atoms. The molecule has 0 aliphatic rings. The van der Waals surface area contributed by atoms with Gasteiger partial charge in [-0.25, -0.2) is 4.79 Å². The second-order valence-electron chi connectivity index (χ2n) is 4.48. The van der Waals surface area contributed by atoms with E-state index in [-0.39, 0.29) is 29.2 Å². The molecule has 104 valence electrons. The Labute approximate surface area is 117 Å². The van der Waals surface area contributed by atoms with Gasteiger partial charge in [-0.05, 0) is 24.6 Å². The minimum Gasteiger partial charge on any atom is -0.508 e. The lowest BCUT2D eigenvalue weighted by molar-refractivity contribution is 0.0506. The molecule has 0 unspecified atom stereocenters. The topological polar surface area (TPSA) is 66.8 Å². The number of ether oxygens (including phenoxy) is 1. The first-order chi connectivity index (χ1) is 9.59. The van der Waals surface area contributed by atoms with Gasteiger partial charge in [-0.3, -0.25) is 0 Å². The summed E-state index contributed by atoms with van der Waals surface area (Å²) in [6, 6.07) is 12.4. The van der Waals surface area contributed by atoms with Crippen molar-refractivity contribution in [3.05, 3.63) is 59.2 Å². The van der Waals surface area contributed by atoms with Crippen LogP contribution in [0.15, 0.2) is 42.5 Å². The van der Waals surface area contributed by atoms with Crippen LogP contribution < -0.4 is 0 Å². The average molecular weight is 272 g/mol. The van der Waals surface area contributed by atoms with Gasteiger partial charge in [-0.1, -0.05) is 30.3 Å². The van der Waals surface area contributed by atoms with E-state index in [9.17, 15) is 15.0 Å². The van der Waals surface area contributed by atoms with Crippen molar-refractivity contribution in [2.45, 2.75) is 13.3 Å². The Morgan fingerprint density at radius 1 is 1.10 bits per heavy atom. The van der Waals surface area contributed by atoms with Crippen molar-refractivity contribution in [2.24, 2.45) is 0 Å². The SMILES string of the molecule is Cc1c(O)ccc(C(=O)OCCc2ccccc2)c1O. The molecule has 0 heterocycles. The number of benzene rings is 2. The molecule has 0 saturated heterocycles. The van der Waals surface area contributed by atoms with Gasteiger partial charge in [-0.2, -0.15) is 0 Å². The fourth-order valence-electron chi connectivity index (χ4n) is 1.84. The minimum atomic E-state index is -0.596. The standard InChI is InChI=1S/C16H16O4/c1-11-14(17)8-7-13(15(11)18)16(19)20-10-9-12-5-3-2-4-6-12/h2-8,17-18H,9-10H2,1H3. The summed E-state index contributed by atoms with van der Waals surface area (Å²) < 4.78 is 5.13. The van der Waals surface area contributed by atoms with E-state index in [2.05, 4.69) is 0 Å². The maximum atomic E-state index is 11.9. The molecule has 2 rings (SSSR count). The minimum absolute atomic E-state index is 0.0525. The zero-order chi connectivity index (χ0) is 14.5. The van der Waals surface area contributed by atoms with Crippen LogP contribution >= 0.6 is 0 Å². The molecule has 0 amide bonds. The van der Waals surface area contributed by atoms with Gasteiger partial charge >= 0.3 is 5.97 Å². The lowest BCUT2D eigenvalue weighted by Crippen LogP contribution is -2.08. The highest BCUT2D eigenvalue weighted by Gasteiger charge is 2.16. The molecule has 0 radical (unpaired) electrons. The third-order valence-corrected chi connectivity index (χ3v) is 3.09. The summed E-state index contributed by atoms with van der Waals surface area (Å²) >= 11 is 0. The van der Waals surface area contributed by atoms with Crippen LogP contribution in [0, 0.1) is 6.92 Å². The van der Waals surface area contributed by atoms with Crippen molar-refractivity contribution in [3.8, 4) is 11.5 Å². The molecule has 2 aromatic rings. The van der Waals surface area contributed by atoms with Crippen LogP contribution in [0.4, 0.5) is 0 Å². The summed E-state index contributed by atoms with van der Waals surface area (Å²) in [6.07, 6.45) is 0.615. The third kappa shape index (κ3) is 3.09.